The molecule has 3 aromatic rings. The molecule has 0 aliphatic rings. The second kappa shape index (κ2) is 9.60. The molecule has 0 fully saturated rings. The van der Waals surface area contributed by atoms with Gasteiger partial charge in [-0.05, 0) is 48.9 Å². The minimum Gasteiger partial charge on any atom is -0.493 e. The van der Waals surface area contributed by atoms with E-state index in [9.17, 15) is 4.79 Å². The number of hydrogen-bond donors (Lipinski definition) is 1. The molecular weight excluding hydrogens is 386 g/mol. The molecule has 0 aliphatic carbocycles. The van der Waals surface area contributed by atoms with Gasteiger partial charge in [0.2, 0.25) is 11.7 Å². The summed E-state index contributed by atoms with van der Waals surface area (Å²) in [6.07, 6.45) is 0. The van der Waals surface area contributed by atoms with E-state index in [1.165, 1.54) is 0 Å². The van der Waals surface area contributed by atoms with Crippen LogP contribution in [0.25, 0.3) is 11.4 Å². The van der Waals surface area contributed by atoms with E-state index < -0.39 is 0 Å². The lowest BCUT2D eigenvalue weighted by atomic mass is 10.2. The highest BCUT2D eigenvalue weighted by atomic mass is 16.5. The van der Waals surface area contributed by atoms with Gasteiger partial charge in [-0.25, -0.2) is 0 Å². The van der Waals surface area contributed by atoms with E-state index in [1.807, 2.05) is 6.92 Å². The number of nitrogens with zero attached hydrogens (tertiary/aromatic N) is 2. The molecule has 0 unspecified atom stereocenters. The second-order valence-corrected chi connectivity index (χ2v) is 6.54. The Bertz CT molecular complexity index is 1040. The molecule has 8 nitrogen and oxygen atoms in total. The summed E-state index contributed by atoms with van der Waals surface area (Å²) in [4.78, 5) is 16.8. The summed E-state index contributed by atoms with van der Waals surface area (Å²) in [6.45, 7) is 6.15. The predicted molar refractivity (Wildman–Crippen MR) is 111 cm³/mol. The molecule has 1 amide bonds. The fourth-order valence-corrected chi connectivity index (χ4v) is 2.61. The van der Waals surface area contributed by atoms with Crippen LogP contribution < -0.4 is 19.5 Å². The zero-order chi connectivity index (χ0) is 21.5. The largest absolute Gasteiger partial charge is 0.493 e. The third-order valence-electron chi connectivity index (χ3n) is 4.09. The zero-order valence-electron chi connectivity index (χ0n) is 17.1. The molecule has 3 rings (SSSR count). The maximum absolute atomic E-state index is 12.4. The molecule has 0 saturated heterocycles. The standard InChI is InChI=1S/C22H23N3O5/c1-14(2)13-29-17-7-5-6-16(10-17)22(26)23-12-20-24-21(25-30-20)15-8-9-18(27-3)19(11-15)28-4/h5-11H,1,12-13H2,2-4H3,(H,23,26). The van der Waals surface area contributed by atoms with Gasteiger partial charge in [0.25, 0.3) is 5.91 Å². The summed E-state index contributed by atoms with van der Waals surface area (Å²) in [5, 5.41) is 6.72. The third kappa shape index (κ3) is 5.16. The average Bonchev–Trinajstić information content (AvgIpc) is 3.24. The summed E-state index contributed by atoms with van der Waals surface area (Å²) in [5.74, 6) is 2.15. The Hall–Kier alpha value is -3.81. The van der Waals surface area contributed by atoms with E-state index in [4.69, 9.17) is 18.7 Å². The Morgan fingerprint density at radius 2 is 1.93 bits per heavy atom. The van der Waals surface area contributed by atoms with Crippen LogP contribution in [-0.2, 0) is 6.54 Å². The Morgan fingerprint density at radius 3 is 2.67 bits per heavy atom. The molecule has 0 spiro atoms. The number of aromatic nitrogens is 2. The van der Waals surface area contributed by atoms with Crippen LogP contribution in [0.2, 0.25) is 0 Å². The van der Waals surface area contributed by atoms with Crippen molar-refractivity contribution < 1.29 is 23.5 Å². The lowest BCUT2D eigenvalue weighted by Gasteiger charge is -2.08. The molecule has 0 saturated carbocycles. The molecule has 30 heavy (non-hydrogen) atoms. The molecule has 1 N–H and O–H groups in total. The molecule has 0 radical (unpaired) electrons. The number of nitrogens with one attached hydrogen (secondary N) is 1. The van der Waals surface area contributed by atoms with Crippen LogP contribution in [-0.4, -0.2) is 36.9 Å². The molecule has 0 aliphatic heterocycles. The zero-order valence-corrected chi connectivity index (χ0v) is 17.1. The Morgan fingerprint density at radius 1 is 1.13 bits per heavy atom. The summed E-state index contributed by atoms with van der Waals surface area (Å²) in [5.41, 5.74) is 2.07. The van der Waals surface area contributed by atoms with Crippen molar-refractivity contribution in [1.82, 2.24) is 15.5 Å². The van der Waals surface area contributed by atoms with Crippen LogP contribution in [0.3, 0.4) is 0 Å². The van der Waals surface area contributed by atoms with Crippen molar-refractivity contribution >= 4 is 5.91 Å². The highest BCUT2D eigenvalue weighted by Gasteiger charge is 2.14. The van der Waals surface area contributed by atoms with E-state index >= 15 is 0 Å². The van der Waals surface area contributed by atoms with Crippen LogP contribution in [0, 0.1) is 0 Å². The number of carbonyl (C=O) groups excluding carboxylic acids is 1. The van der Waals surface area contributed by atoms with Gasteiger partial charge in [-0.15, -0.1) is 0 Å². The van der Waals surface area contributed by atoms with Crippen LogP contribution in [0.1, 0.15) is 23.2 Å². The number of hydrogen-bond acceptors (Lipinski definition) is 7. The van der Waals surface area contributed by atoms with Gasteiger partial charge in [0.15, 0.2) is 11.5 Å². The van der Waals surface area contributed by atoms with Crippen molar-refractivity contribution in [2.75, 3.05) is 20.8 Å². The van der Waals surface area contributed by atoms with Crippen molar-refractivity contribution in [1.29, 1.82) is 0 Å². The highest BCUT2D eigenvalue weighted by Crippen LogP contribution is 2.31. The normalized spacial score (nSPS) is 10.4. The minimum absolute atomic E-state index is 0.0932. The van der Waals surface area contributed by atoms with Crippen molar-refractivity contribution in [3.63, 3.8) is 0 Å². The maximum Gasteiger partial charge on any atom is 0.251 e. The van der Waals surface area contributed by atoms with Crippen LogP contribution >= 0.6 is 0 Å². The van der Waals surface area contributed by atoms with Crippen molar-refractivity contribution in [3.8, 4) is 28.6 Å². The van der Waals surface area contributed by atoms with Gasteiger partial charge in [0, 0.05) is 11.1 Å². The minimum atomic E-state index is -0.276. The summed E-state index contributed by atoms with van der Waals surface area (Å²) < 4.78 is 21.3. The lowest BCUT2D eigenvalue weighted by molar-refractivity contribution is 0.0946. The van der Waals surface area contributed by atoms with Crippen LogP contribution in [0.5, 0.6) is 17.2 Å². The first-order valence-corrected chi connectivity index (χ1v) is 9.20. The molecule has 2 aromatic carbocycles. The van der Waals surface area contributed by atoms with E-state index in [1.54, 1.807) is 56.7 Å². The topological polar surface area (TPSA) is 95.7 Å². The third-order valence-corrected chi connectivity index (χ3v) is 4.09. The SMILES string of the molecule is C=C(C)COc1cccc(C(=O)NCc2nc(-c3ccc(OC)c(OC)c3)no2)c1. The molecule has 8 heteroatoms. The fourth-order valence-electron chi connectivity index (χ4n) is 2.61. The number of rotatable bonds is 9. The molecule has 0 atom stereocenters. The first-order chi connectivity index (χ1) is 14.5. The average molecular weight is 409 g/mol. The van der Waals surface area contributed by atoms with Gasteiger partial charge < -0.3 is 24.1 Å². The van der Waals surface area contributed by atoms with Crippen LogP contribution in [0.4, 0.5) is 0 Å². The predicted octanol–water partition coefficient (Wildman–Crippen LogP) is 3.64. The summed E-state index contributed by atoms with van der Waals surface area (Å²) in [6, 6.07) is 12.2. The Balaban J connectivity index is 1.63. The quantitative estimate of drug-likeness (QED) is 0.539. The molecule has 156 valence electrons. The van der Waals surface area contributed by atoms with Crippen LogP contribution in [0.15, 0.2) is 59.1 Å². The number of benzene rings is 2. The Labute approximate surface area is 174 Å². The first kappa shape index (κ1) is 20.9. The van der Waals surface area contributed by atoms with E-state index in [0.717, 1.165) is 5.57 Å². The van der Waals surface area contributed by atoms with Gasteiger partial charge in [0.1, 0.15) is 12.4 Å². The van der Waals surface area contributed by atoms with Crippen molar-refractivity contribution in [2.45, 2.75) is 13.5 Å². The first-order valence-electron chi connectivity index (χ1n) is 9.20. The van der Waals surface area contributed by atoms with Gasteiger partial charge in [0.05, 0.1) is 20.8 Å². The van der Waals surface area contributed by atoms with E-state index in [-0.39, 0.29) is 18.3 Å². The van der Waals surface area contributed by atoms with Crippen molar-refractivity contribution in [3.05, 3.63) is 66.1 Å². The Kier molecular flexibility index (Phi) is 6.69. The number of amides is 1. The van der Waals surface area contributed by atoms with Gasteiger partial charge in [-0.3, -0.25) is 4.79 Å². The maximum atomic E-state index is 12.4. The van der Waals surface area contributed by atoms with Gasteiger partial charge in [-0.1, -0.05) is 17.8 Å². The van der Waals surface area contributed by atoms with Gasteiger partial charge in [-0.2, -0.15) is 4.98 Å². The molecule has 1 heterocycles. The molecule has 1 aromatic heterocycles. The van der Waals surface area contributed by atoms with Gasteiger partial charge >= 0.3 is 0 Å². The number of methoxy groups -OCH3 is 2. The highest BCUT2D eigenvalue weighted by molar-refractivity contribution is 5.94. The molecule has 0 bridgehead atoms. The second-order valence-electron chi connectivity index (χ2n) is 6.54. The summed E-state index contributed by atoms with van der Waals surface area (Å²) in [7, 11) is 3.12. The molecular formula is C22H23N3O5. The number of carbonyl (C=O) groups is 1. The van der Waals surface area contributed by atoms with E-state index in [0.29, 0.717) is 40.8 Å². The van der Waals surface area contributed by atoms with Crippen molar-refractivity contribution in [2.24, 2.45) is 0 Å². The van der Waals surface area contributed by atoms with E-state index in [2.05, 4.69) is 22.0 Å². The fraction of sp³-hybridized carbons (Fsp3) is 0.227. The summed E-state index contributed by atoms with van der Waals surface area (Å²) >= 11 is 0. The number of ether oxygens (including phenoxy) is 3. The lowest BCUT2D eigenvalue weighted by Crippen LogP contribution is -2.23. The monoisotopic (exact) mass is 409 g/mol. The smallest absolute Gasteiger partial charge is 0.251 e.